The van der Waals surface area contributed by atoms with Crippen LogP contribution in [0.2, 0.25) is 0 Å². The van der Waals surface area contributed by atoms with E-state index in [2.05, 4.69) is 27.7 Å². The highest BCUT2D eigenvalue weighted by atomic mass is 16.5. The van der Waals surface area contributed by atoms with Crippen molar-refractivity contribution >= 4 is 0 Å². The fourth-order valence-electron chi connectivity index (χ4n) is 0.586. The third kappa shape index (κ3) is 5.22. The van der Waals surface area contributed by atoms with Gasteiger partial charge in [0.2, 0.25) is 0 Å². The fourth-order valence-corrected chi connectivity index (χ4v) is 0.586. The predicted molar refractivity (Wildman–Crippen MR) is 48.5 cm³/mol. The monoisotopic (exact) mass is 159 g/mol. The first-order valence-corrected chi connectivity index (χ1v) is 4.45. The van der Waals surface area contributed by atoms with Crippen molar-refractivity contribution in [1.82, 2.24) is 0 Å². The predicted octanol–water partition coefficient (Wildman–Crippen LogP) is 1.78. The van der Waals surface area contributed by atoms with Crippen LogP contribution in [0.15, 0.2) is 0 Å². The van der Waals surface area contributed by atoms with Crippen LogP contribution in [0.3, 0.4) is 0 Å². The molecular weight excluding hydrogens is 138 g/mol. The molecule has 2 heteroatoms. The molecule has 2 atom stereocenters. The molecule has 0 aliphatic heterocycles. The van der Waals surface area contributed by atoms with Gasteiger partial charge in [-0.15, -0.1) is 0 Å². The lowest BCUT2D eigenvalue weighted by molar-refractivity contribution is 0.0468. The SMILES string of the molecule is CCC(C)OCC(N)C(C)C. The Hall–Kier alpha value is -0.0800. The van der Waals surface area contributed by atoms with Gasteiger partial charge in [0, 0.05) is 6.04 Å². The average Bonchev–Trinajstić information content (AvgIpc) is 1.99. The second-order valence-corrected chi connectivity index (χ2v) is 3.46. The standard InChI is InChI=1S/C9H21NO/c1-5-8(4)11-6-9(10)7(2)3/h7-9H,5-6,10H2,1-4H3. The summed E-state index contributed by atoms with van der Waals surface area (Å²) in [5, 5.41) is 0. The molecule has 0 radical (unpaired) electrons. The lowest BCUT2D eigenvalue weighted by atomic mass is 10.1. The van der Waals surface area contributed by atoms with Crippen LogP contribution in [0.25, 0.3) is 0 Å². The van der Waals surface area contributed by atoms with Crippen molar-refractivity contribution in [3.8, 4) is 0 Å². The van der Waals surface area contributed by atoms with E-state index in [-0.39, 0.29) is 6.04 Å². The summed E-state index contributed by atoms with van der Waals surface area (Å²) in [4.78, 5) is 0. The average molecular weight is 159 g/mol. The Kier molecular flexibility index (Phi) is 5.51. The molecular formula is C9H21NO. The molecule has 2 unspecified atom stereocenters. The van der Waals surface area contributed by atoms with Gasteiger partial charge in [-0.1, -0.05) is 20.8 Å². The van der Waals surface area contributed by atoms with Crippen molar-refractivity contribution in [2.45, 2.75) is 46.3 Å². The third-order valence-corrected chi connectivity index (χ3v) is 2.00. The zero-order valence-electron chi connectivity index (χ0n) is 8.13. The number of ether oxygens (including phenoxy) is 1. The molecule has 0 fully saturated rings. The molecule has 0 aliphatic rings. The molecule has 0 amide bonds. The van der Waals surface area contributed by atoms with E-state index >= 15 is 0 Å². The minimum absolute atomic E-state index is 0.184. The van der Waals surface area contributed by atoms with Crippen LogP contribution in [0, 0.1) is 5.92 Å². The van der Waals surface area contributed by atoms with Gasteiger partial charge >= 0.3 is 0 Å². The van der Waals surface area contributed by atoms with Gasteiger partial charge in [-0.05, 0) is 19.3 Å². The number of hydrogen-bond donors (Lipinski definition) is 1. The molecule has 2 nitrogen and oxygen atoms in total. The van der Waals surface area contributed by atoms with Crippen molar-refractivity contribution in [3.05, 3.63) is 0 Å². The Labute approximate surface area is 70.1 Å². The van der Waals surface area contributed by atoms with Crippen molar-refractivity contribution in [2.24, 2.45) is 11.7 Å². The van der Waals surface area contributed by atoms with Crippen LogP contribution < -0.4 is 5.73 Å². The van der Waals surface area contributed by atoms with Crippen molar-refractivity contribution in [3.63, 3.8) is 0 Å². The van der Waals surface area contributed by atoms with Gasteiger partial charge in [0.1, 0.15) is 0 Å². The fraction of sp³-hybridized carbons (Fsp3) is 1.00. The lowest BCUT2D eigenvalue weighted by Gasteiger charge is -2.18. The van der Waals surface area contributed by atoms with Crippen LogP contribution in [-0.4, -0.2) is 18.8 Å². The minimum Gasteiger partial charge on any atom is -0.377 e. The van der Waals surface area contributed by atoms with Crippen LogP contribution in [0.4, 0.5) is 0 Å². The van der Waals surface area contributed by atoms with Crippen molar-refractivity contribution in [1.29, 1.82) is 0 Å². The van der Waals surface area contributed by atoms with Crippen molar-refractivity contribution in [2.75, 3.05) is 6.61 Å². The molecule has 0 saturated carbocycles. The molecule has 11 heavy (non-hydrogen) atoms. The Morgan fingerprint density at radius 1 is 1.27 bits per heavy atom. The van der Waals surface area contributed by atoms with Crippen molar-refractivity contribution < 1.29 is 4.74 Å². The molecule has 0 aliphatic carbocycles. The Morgan fingerprint density at radius 3 is 2.18 bits per heavy atom. The van der Waals surface area contributed by atoms with Gasteiger partial charge in [0.05, 0.1) is 12.7 Å². The first-order valence-electron chi connectivity index (χ1n) is 4.45. The summed E-state index contributed by atoms with van der Waals surface area (Å²) in [6.45, 7) is 9.11. The Bertz CT molecular complexity index is 93.6. The van der Waals surface area contributed by atoms with E-state index in [9.17, 15) is 0 Å². The summed E-state index contributed by atoms with van der Waals surface area (Å²) in [6.07, 6.45) is 1.41. The first kappa shape index (κ1) is 10.9. The van der Waals surface area contributed by atoms with E-state index in [1.165, 1.54) is 0 Å². The quantitative estimate of drug-likeness (QED) is 0.663. The molecule has 0 bridgehead atoms. The van der Waals surface area contributed by atoms with Crippen LogP contribution >= 0.6 is 0 Å². The lowest BCUT2D eigenvalue weighted by Crippen LogP contribution is -2.33. The Balaban J connectivity index is 3.37. The van der Waals surface area contributed by atoms with E-state index in [0.717, 1.165) is 6.42 Å². The largest absolute Gasteiger partial charge is 0.377 e. The summed E-state index contributed by atoms with van der Waals surface area (Å²) in [5.41, 5.74) is 5.79. The molecule has 0 aromatic heterocycles. The zero-order valence-corrected chi connectivity index (χ0v) is 8.13. The molecule has 0 aromatic carbocycles. The normalized spacial score (nSPS) is 16.9. The van der Waals surface area contributed by atoms with Gasteiger partial charge in [0.15, 0.2) is 0 Å². The molecule has 0 spiro atoms. The molecule has 0 saturated heterocycles. The van der Waals surface area contributed by atoms with Gasteiger partial charge in [-0.2, -0.15) is 0 Å². The van der Waals surface area contributed by atoms with E-state index in [4.69, 9.17) is 10.5 Å². The number of nitrogens with two attached hydrogens (primary N) is 1. The van der Waals surface area contributed by atoms with Crippen LogP contribution in [0.1, 0.15) is 34.1 Å². The minimum atomic E-state index is 0.184. The molecule has 2 N–H and O–H groups in total. The summed E-state index contributed by atoms with van der Waals surface area (Å²) in [7, 11) is 0. The van der Waals surface area contributed by atoms with Crippen LogP contribution in [0.5, 0.6) is 0 Å². The summed E-state index contributed by atoms with van der Waals surface area (Å²) < 4.78 is 5.49. The maximum absolute atomic E-state index is 5.79. The maximum atomic E-state index is 5.79. The van der Waals surface area contributed by atoms with Gasteiger partial charge in [0.25, 0.3) is 0 Å². The van der Waals surface area contributed by atoms with Gasteiger partial charge in [-0.3, -0.25) is 0 Å². The summed E-state index contributed by atoms with van der Waals surface area (Å²) in [6, 6.07) is 0.184. The second kappa shape index (κ2) is 5.56. The smallest absolute Gasteiger partial charge is 0.0623 e. The number of hydrogen-bond acceptors (Lipinski definition) is 2. The number of rotatable bonds is 5. The molecule has 0 rings (SSSR count). The van der Waals surface area contributed by atoms with Crippen LogP contribution in [-0.2, 0) is 4.74 Å². The molecule has 68 valence electrons. The van der Waals surface area contributed by atoms with Gasteiger partial charge in [-0.25, -0.2) is 0 Å². The van der Waals surface area contributed by atoms with E-state index < -0.39 is 0 Å². The highest BCUT2D eigenvalue weighted by Crippen LogP contribution is 2.02. The first-order chi connectivity index (χ1) is 5.07. The molecule has 0 aromatic rings. The van der Waals surface area contributed by atoms with E-state index in [1.807, 2.05) is 0 Å². The topological polar surface area (TPSA) is 35.2 Å². The van der Waals surface area contributed by atoms with E-state index in [1.54, 1.807) is 0 Å². The molecule has 0 heterocycles. The summed E-state index contributed by atoms with van der Waals surface area (Å²) in [5.74, 6) is 0.513. The second-order valence-electron chi connectivity index (χ2n) is 3.46. The highest BCUT2D eigenvalue weighted by Gasteiger charge is 2.08. The van der Waals surface area contributed by atoms with E-state index in [0.29, 0.717) is 18.6 Å². The summed E-state index contributed by atoms with van der Waals surface area (Å²) >= 11 is 0. The zero-order chi connectivity index (χ0) is 8.85. The highest BCUT2D eigenvalue weighted by molar-refractivity contribution is 4.64. The third-order valence-electron chi connectivity index (χ3n) is 2.00. The maximum Gasteiger partial charge on any atom is 0.0623 e. The van der Waals surface area contributed by atoms with Gasteiger partial charge < -0.3 is 10.5 Å². The Morgan fingerprint density at radius 2 is 1.82 bits per heavy atom.